The highest BCUT2D eigenvalue weighted by Gasteiger charge is 2.19. The summed E-state index contributed by atoms with van der Waals surface area (Å²) in [5.41, 5.74) is 0.939. The summed E-state index contributed by atoms with van der Waals surface area (Å²) in [6.07, 6.45) is 0.727. The fourth-order valence-corrected chi connectivity index (χ4v) is 2.42. The van der Waals surface area contributed by atoms with E-state index in [4.69, 9.17) is 5.11 Å². The number of hydrogen-bond donors (Lipinski definition) is 2. The molecule has 120 valence electrons. The van der Waals surface area contributed by atoms with E-state index in [9.17, 15) is 14.0 Å². The maximum absolute atomic E-state index is 13.0. The van der Waals surface area contributed by atoms with Crippen LogP contribution >= 0.6 is 0 Å². The van der Waals surface area contributed by atoms with E-state index in [0.717, 1.165) is 18.7 Å². The number of carbonyl (C=O) groups excluding carboxylic acids is 1. The summed E-state index contributed by atoms with van der Waals surface area (Å²) in [6.45, 7) is 2.77. The van der Waals surface area contributed by atoms with Crippen molar-refractivity contribution in [1.29, 1.82) is 0 Å². The van der Waals surface area contributed by atoms with Crippen molar-refractivity contribution < 1.29 is 19.1 Å². The third-order valence-corrected chi connectivity index (χ3v) is 3.59. The van der Waals surface area contributed by atoms with Crippen LogP contribution in [0.25, 0.3) is 0 Å². The van der Waals surface area contributed by atoms with Gasteiger partial charge >= 0.3 is 12.0 Å². The summed E-state index contributed by atoms with van der Waals surface area (Å²) in [7, 11) is 0. The lowest BCUT2D eigenvalue weighted by molar-refractivity contribution is -0.136. The lowest BCUT2D eigenvalue weighted by Crippen LogP contribution is -2.42. The Balaban J connectivity index is 1.85. The van der Waals surface area contributed by atoms with E-state index in [0.29, 0.717) is 19.6 Å². The van der Waals surface area contributed by atoms with Gasteiger partial charge in [-0.15, -0.1) is 0 Å². The fourth-order valence-electron chi connectivity index (χ4n) is 2.42. The van der Waals surface area contributed by atoms with Gasteiger partial charge in [-0.3, -0.25) is 4.79 Å². The Labute approximate surface area is 128 Å². The van der Waals surface area contributed by atoms with Gasteiger partial charge in [0.05, 0.1) is 6.42 Å². The van der Waals surface area contributed by atoms with Gasteiger partial charge < -0.3 is 20.2 Å². The van der Waals surface area contributed by atoms with Crippen molar-refractivity contribution in [3.63, 3.8) is 0 Å². The summed E-state index contributed by atoms with van der Waals surface area (Å²) >= 11 is 0. The summed E-state index contributed by atoms with van der Waals surface area (Å²) in [5.74, 6) is -1.20. The molecule has 1 fully saturated rings. The quantitative estimate of drug-likeness (QED) is 0.884. The SMILES string of the molecule is O=C(O)CCNC(=O)N1CCCN(c2ccc(F)cc2)CC1. The number of halogens is 1. The van der Waals surface area contributed by atoms with Crippen LogP contribution in [-0.2, 0) is 4.79 Å². The zero-order valence-electron chi connectivity index (χ0n) is 12.3. The Morgan fingerprint density at radius 3 is 2.55 bits per heavy atom. The van der Waals surface area contributed by atoms with Crippen molar-refractivity contribution in [2.75, 3.05) is 37.6 Å². The van der Waals surface area contributed by atoms with Crippen LogP contribution in [0.1, 0.15) is 12.8 Å². The topological polar surface area (TPSA) is 72.9 Å². The predicted octanol–water partition coefficient (Wildman–Crippen LogP) is 1.52. The van der Waals surface area contributed by atoms with Gasteiger partial charge in [0.2, 0.25) is 0 Å². The van der Waals surface area contributed by atoms with Gasteiger partial charge in [-0.25, -0.2) is 9.18 Å². The second kappa shape index (κ2) is 7.63. The Hall–Kier alpha value is -2.31. The molecule has 0 bridgehead atoms. The number of anilines is 1. The van der Waals surface area contributed by atoms with Crippen LogP contribution in [0.2, 0.25) is 0 Å². The van der Waals surface area contributed by atoms with Gasteiger partial charge in [-0.1, -0.05) is 0 Å². The molecule has 0 aliphatic carbocycles. The highest BCUT2D eigenvalue weighted by atomic mass is 19.1. The molecule has 0 saturated carbocycles. The smallest absolute Gasteiger partial charge is 0.317 e. The number of aliphatic carboxylic acids is 1. The standard InChI is InChI=1S/C15H20FN3O3/c16-12-2-4-13(5-3-12)18-8-1-9-19(11-10-18)15(22)17-7-6-14(20)21/h2-5H,1,6-11H2,(H,17,22)(H,20,21). The maximum Gasteiger partial charge on any atom is 0.317 e. The van der Waals surface area contributed by atoms with E-state index >= 15 is 0 Å². The minimum atomic E-state index is -0.932. The van der Waals surface area contributed by atoms with Crippen molar-refractivity contribution >= 4 is 17.7 Å². The van der Waals surface area contributed by atoms with E-state index in [1.807, 2.05) is 0 Å². The van der Waals surface area contributed by atoms with Crippen molar-refractivity contribution in [2.24, 2.45) is 0 Å². The number of hydrogen-bond acceptors (Lipinski definition) is 3. The van der Waals surface area contributed by atoms with Gasteiger partial charge in [-0.05, 0) is 30.7 Å². The van der Waals surface area contributed by atoms with E-state index < -0.39 is 5.97 Å². The number of rotatable bonds is 4. The molecule has 2 rings (SSSR count). The third kappa shape index (κ3) is 4.61. The van der Waals surface area contributed by atoms with Gasteiger partial charge in [0.15, 0.2) is 0 Å². The van der Waals surface area contributed by atoms with Crippen LogP contribution in [0.4, 0.5) is 14.9 Å². The molecule has 0 radical (unpaired) electrons. The average Bonchev–Trinajstić information content (AvgIpc) is 2.73. The summed E-state index contributed by atoms with van der Waals surface area (Å²) in [4.78, 5) is 26.2. The predicted molar refractivity (Wildman–Crippen MR) is 80.5 cm³/mol. The number of benzene rings is 1. The first-order valence-electron chi connectivity index (χ1n) is 7.31. The number of amides is 2. The molecular weight excluding hydrogens is 289 g/mol. The first-order valence-corrected chi connectivity index (χ1v) is 7.31. The third-order valence-electron chi connectivity index (χ3n) is 3.59. The van der Waals surface area contributed by atoms with Gasteiger partial charge in [-0.2, -0.15) is 0 Å². The minimum absolute atomic E-state index is 0.0821. The number of nitrogens with one attached hydrogen (secondary N) is 1. The first-order chi connectivity index (χ1) is 10.6. The van der Waals surface area contributed by atoms with Crippen LogP contribution in [0.3, 0.4) is 0 Å². The van der Waals surface area contributed by atoms with Crippen LogP contribution in [0, 0.1) is 5.82 Å². The Bertz CT molecular complexity index is 521. The van der Waals surface area contributed by atoms with E-state index in [1.165, 1.54) is 12.1 Å². The molecule has 1 aromatic carbocycles. The molecule has 0 atom stereocenters. The number of carboxylic acids is 1. The molecule has 22 heavy (non-hydrogen) atoms. The zero-order valence-corrected chi connectivity index (χ0v) is 12.3. The monoisotopic (exact) mass is 309 g/mol. The number of urea groups is 1. The van der Waals surface area contributed by atoms with Gasteiger partial charge in [0.25, 0.3) is 0 Å². The van der Waals surface area contributed by atoms with E-state index in [1.54, 1.807) is 17.0 Å². The Morgan fingerprint density at radius 1 is 1.14 bits per heavy atom. The maximum atomic E-state index is 13.0. The van der Waals surface area contributed by atoms with Crippen molar-refractivity contribution in [2.45, 2.75) is 12.8 Å². The summed E-state index contributed by atoms with van der Waals surface area (Å²) < 4.78 is 13.0. The molecule has 6 nitrogen and oxygen atoms in total. The fraction of sp³-hybridized carbons (Fsp3) is 0.467. The molecule has 0 spiro atoms. The van der Waals surface area contributed by atoms with Crippen molar-refractivity contribution in [3.8, 4) is 0 Å². The summed E-state index contributed by atoms with van der Waals surface area (Å²) in [5, 5.41) is 11.2. The summed E-state index contributed by atoms with van der Waals surface area (Å²) in [6, 6.07) is 6.09. The largest absolute Gasteiger partial charge is 0.481 e. The molecule has 7 heteroatoms. The van der Waals surface area contributed by atoms with Crippen LogP contribution in [0.5, 0.6) is 0 Å². The lowest BCUT2D eigenvalue weighted by Gasteiger charge is -2.23. The number of nitrogens with zero attached hydrogens (tertiary/aromatic N) is 2. The molecule has 0 unspecified atom stereocenters. The molecule has 1 heterocycles. The molecule has 2 amide bonds. The first kappa shape index (κ1) is 16.1. The molecule has 1 aliphatic rings. The van der Waals surface area contributed by atoms with Crippen LogP contribution in [0.15, 0.2) is 24.3 Å². The molecule has 0 aromatic heterocycles. The lowest BCUT2D eigenvalue weighted by atomic mass is 10.2. The Morgan fingerprint density at radius 2 is 1.86 bits per heavy atom. The second-order valence-corrected chi connectivity index (χ2v) is 5.18. The van der Waals surface area contributed by atoms with Crippen molar-refractivity contribution in [1.82, 2.24) is 10.2 Å². The Kier molecular flexibility index (Phi) is 5.57. The minimum Gasteiger partial charge on any atom is -0.481 e. The van der Waals surface area contributed by atoms with E-state index in [2.05, 4.69) is 10.2 Å². The average molecular weight is 309 g/mol. The number of carbonyl (C=O) groups is 2. The molecule has 1 aromatic rings. The zero-order chi connectivity index (χ0) is 15.9. The van der Waals surface area contributed by atoms with E-state index in [-0.39, 0.29) is 24.8 Å². The normalized spacial score (nSPS) is 15.3. The van der Waals surface area contributed by atoms with Gasteiger partial charge in [0.1, 0.15) is 5.82 Å². The number of carboxylic acid groups (broad SMARTS) is 1. The van der Waals surface area contributed by atoms with Crippen LogP contribution < -0.4 is 10.2 Å². The second-order valence-electron chi connectivity index (χ2n) is 5.18. The molecule has 1 aliphatic heterocycles. The molecular formula is C15H20FN3O3. The van der Waals surface area contributed by atoms with Gasteiger partial charge in [0, 0.05) is 38.4 Å². The highest BCUT2D eigenvalue weighted by molar-refractivity contribution is 5.75. The molecule has 2 N–H and O–H groups in total. The molecule has 1 saturated heterocycles. The van der Waals surface area contributed by atoms with Crippen molar-refractivity contribution in [3.05, 3.63) is 30.1 Å². The highest BCUT2D eigenvalue weighted by Crippen LogP contribution is 2.17. The van der Waals surface area contributed by atoms with Crippen LogP contribution in [-0.4, -0.2) is 54.7 Å².